The molecule has 0 saturated carbocycles. The Hall–Kier alpha value is -0.730. The molecule has 2 aliphatic rings. The lowest BCUT2D eigenvalue weighted by Gasteiger charge is -2.44. The van der Waals surface area contributed by atoms with Crippen LogP contribution in [0.15, 0.2) is 18.2 Å². The molecule has 2 atom stereocenters. The molecule has 1 aromatic rings. The van der Waals surface area contributed by atoms with Gasteiger partial charge in [0.2, 0.25) is 0 Å². The predicted octanol–water partition coefficient (Wildman–Crippen LogP) is 2.58. The zero-order valence-corrected chi connectivity index (χ0v) is 10.1. The van der Waals surface area contributed by atoms with Crippen LogP contribution in [0.4, 0.5) is 5.69 Å². The monoisotopic (exact) mass is 236 g/mol. The fourth-order valence-electron chi connectivity index (χ4n) is 3.06. The molecule has 2 heterocycles. The summed E-state index contributed by atoms with van der Waals surface area (Å²) in [5.74, 6) is 0. The number of para-hydroxylation sites is 1. The summed E-state index contributed by atoms with van der Waals surface area (Å²) in [6.45, 7) is 1.06. The van der Waals surface area contributed by atoms with Gasteiger partial charge in [0.15, 0.2) is 0 Å². The number of hydrogen-bond acceptors (Lipinski definition) is 2. The number of halogens is 1. The Balaban J connectivity index is 1.99. The molecule has 16 heavy (non-hydrogen) atoms. The fourth-order valence-corrected chi connectivity index (χ4v) is 3.36. The van der Waals surface area contributed by atoms with E-state index in [1.54, 1.807) is 0 Å². The second-order valence-electron chi connectivity index (χ2n) is 4.92. The van der Waals surface area contributed by atoms with Crippen LogP contribution in [-0.2, 0) is 6.42 Å². The molecule has 2 N–H and O–H groups in total. The van der Waals surface area contributed by atoms with Crippen molar-refractivity contribution in [3.05, 3.63) is 28.8 Å². The van der Waals surface area contributed by atoms with Crippen LogP contribution in [0.2, 0.25) is 5.02 Å². The average Bonchev–Trinajstić information content (AvgIpc) is 2.29. The normalized spacial score (nSPS) is 28.5. The van der Waals surface area contributed by atoms with E-state index >= 15 is 0 Å². The maximum Gasteiger partial charge on any atom is 0.0642 e. The smallest absolute Gasteiger partial charge is 0.0642 e. The van der Waals surface area contributed by atoms with Gasteiger partial charge in [-0.25, -0.2) is 0 Å². The molecule has 1 fully saturated rings. The van der Waals surface area contributed by atoms with Gasteiger partial charge in [-0.3, -0.25) is 0 Å². The molecule has 0 aromatic heterocycles. The van der Waals surface area contributed by atoms with Crippen LogP contribution in [-0.4, -0.2) is 18.6 Å². The zero-order chi connectivity index (χ0) is 11.1. The SMILES string of the molecule is NC1CCN2c3c(Cl)cccc3CCC2C1. The largest absolute Gasteiger partial charge is 0.367 e. The number of nitrogens with two attached hydrogens (primary N) is 1. The summed E-state index contributed by atoms with van der Waals surface area (Å²) in [5, 5.41) is 0.901. The lowest BCUT2D eigenvalue weighted by atomic mass is 9.87. The first-order chi connectivity index (χ1) is 7.75. The summed E-state index contributed by atoms with van der Waals surface area (Å²) in [6.07, 6.45) is 4.57. The highest BCUT2D eigenvalue weighted by Crippen LogP contribution is 2.39. The number of benzene rings is 1. The van der Waals surface area contributed by atoms with Gasteiger partial charge in [0.1, 0.15) is 0 Å². The van der Waals surface area contributed by atoms with E-state index in [0.717, 1.165) is 30.8 Å². The minimum atomic E-state index is 0.380. The summed E-state index contributed by atoms with van der Waals surface area (Å²) in [6, 6.07) is 7.24. The summed E-state index contributed by atoms with van der Waals surface area (Å²) < 4.78 is 0. The van der Waals surface area contributed by atoms with Crippen molar-refractivity contribution in [1.82, 2.24) is 0 Å². The van der Waals surface area contributed by atoms with E-state index in [-0.39, 0.29) is 0 Å². The first-order valence-corrected chi connectivity index (χ1v) is 6.43. The highest BCUT2D eigenvalue weighted by atomic mass is 35.5. The first kappa shape index (κ1) is 10.4. The number of hydrogen-bond donors (Lipinski definition) is 1. The molecule has 0 bridgehead atoms. The lowest BCUT2D eigenvalue weighted by molar-refractivity contribution is 0.384. The fraction of sp³-hybridized carbons (Fsp3) is 0.538. The van der Waals surface area contributed by atoms with E-state index < -0.39 is 0 Å². The van der Waals surface area contributed by atoms with Gasteiger partial charge in [0.25, 0.3) is 0 Å². The van der Waals surface area contributed by atoms with Gasteiger partial charge < -0.3 is 10.6 Å². The van der Waals surface area contributed by atoms with Crippen molar-refractivity contribution < 1.29 is 0 Å². The Morgan fingerprint density at radius 3 is 3.06 bits per heavy atom. The zero-order valence-electron chi connectivity index (χ0n) is 9.32. The maximum atomic E-state index is 6.33. The number of anilines is 1. The first-order valence-electron chi connectivity index (χ1n) is 6.05. The number of aryl methyl sites for hydroxylation is 1. The van der Waals surface area contributed by atoms with Crippen molar-refractivity contribution in [2.75, 3.05) is 11.4 Å². The van der Waals surface area contributed by atoms with Crippen molar-refractivity contribution in [1.29, 1.82) is 0 Å². The van der Waals surface area contributed by atoms with Gasteiger partial charge >= 0.3 is 0 Å². The Kier molecular flexibility index (Phi) is 2.56. The average molecular weight is 237 g/mol. The lowest BCUT2D eigenvalue weighted by Crippen LogP contribution is -2.49. The van der Waals surface area contributed by atoms with E-state index in [1.165, 1.54) is 17.7 Å². The van der Waals surface area contributed by atoms with Crippen LogP contribution in [0.1, 0.15) is 24.8 Å². The third-order valence-electron chi connectivity index (χ3n) is 3.86. The van der Waals surface area contributed by atoms with Crippen molar-refractivity contribution in [2.24, 2.45) is 5.73 Å². The van der Waals surface area contributed by atoms with E-state index in [0.29, 0.717) is 12.1 Å². The standard InChI is InChI=1S/C13H17ClN2/c14-12-3-1-2-9-4-5-11-8-10(15)6-7-16(11)13(9)12/h1-3,10-11H,4-8,15H2. The molecule has 2 aliphatic heterocycles. The minimum absolute atomic E-state index is 0.380. The van der Waals surface area contributed by atoms with E-state index in [2.05, 4.69) is 17.0 Å². The molecule has 86 valence electrons. The van der Waals surface area contributed by atoms with Gasteiger partial charge in [-0.05, 0) is 37.3 Å². The van der Waals surface area contributed by atoms with Crippen LogP contribution >= 0.6 is 11.6 Å². The van der Waals surface area contributed by atoms with Gasteiger partial charge in [0, 0.05) is 18.6 Å². The molecule has 2 unspecified atom stereocenters. The molecule has 0 radical (unpaired) electrons. The van der Waals surface area contributed by atoms with Crippen molar-refractivity contribution in [3.63, 3.8) is 0 Å². The Morgan fingerprint density at radius 2 is 2.19 bits per heavy atom. The topological polar surface area (TPSA) is 29.3 Å². The molecular formula is C13H17ClN2. The molecule has 0 aliphatic carbocycles. The maximum absolute atomic E-state index is 6.33. The van der Waals surface area contributed by atoms with Gasteiger partial charge in [-0.2, -0.15) is 0 Å². The number of fused-ring (bicyclic) bond motifs is 3. The molecule has 3 rings (SSSR count). The third-order valence-corrected chi connectivity index (χ3v) is 4.17. The van der Waals surface area contributed by atoms with Crippen molar-refractivity contribution in [3.8, 4) is 0 Å². The number of nitrogens with zero attached hydrogens (tertiary/aromatic N) is 1. The Morgan fingerprint density at radius 1 is 1.31 bits per heavy atom. The van der Waals surface area contributed by atoms with E-state index in [9.17, 15) is 0 Å². The summed E-state index contributed by atoms with van der Waals surface area (Å²) in [5.41, 5.74) is 8.71. The van der Waals surface area contributed by atoms with Crippen molar-refractivity contribution in [2.45, 2.75) is 37.8 Å². The van der Waals surface area contributed by atoms with Crippen LogP contribution in [0.5, 0.6) is 0 Å². The number of rotatable bonds is 0. The molecule has 1 saturated heterocycles. The van der Waals surface area contributed by atoms with E-state index in [4.69, 9.17) is 17.3 Å². The van der Waals surface area contributed by atoms with Crippen LogP contribution < -0.4 is 10.6 Å². The number of piperidine rings is 1. The summed E-state index contributed by atoms with van der Waals surface area (Å²) in [4.78, 5) is 2.48. The Bertz CT molecular complexity index is 405. The van der Waals surface area contributed by atoms with Crippen LogP contribution in [0.3, 0.4) is 0 Å². The minimum Gasteiger partial charge on any atom is -0.367 e. The highest BCUT2D eigenvalue weighted by molar-refractivity contribution is 6.33. The third kappa shape index (κ3) is 1.61. The van der Waals surface area contributed by atoms with Gasteiger partial charge in [0.05, 0.1) is 10.7 Å². The van der Waals surface area contributed by atoms with Crippen LogP contribution in [0.25, 0.3) is 0 Å². The quantitative estimate of drug-likeness (QED) is 0.750. The summed E-state index contributed by atoms with van der Waals surface area (Å²) >= 11 is 6.33. The molecule has 2 nitrogen and oxygen atoms in total. The highest BCUT2D eigenvalue weighted by Gasteiger charge is 2.32. The van der Waals surface area contributed by atoms with Gasteiger partial charge in [-0.1, -0.05) is 23.7 Å². The molecular weight excluding hydrogens is 220 g/mol. The Labute approximate surface area is 101 Å². The second kappa shape index (κ2) is 3.94. The predicted molar refractivity (Wildman–Crippen MR) is 68.1 cm³/mol. The summed E-state index contributed by atoms with van der Waals surface area (Å²) in [7, 11) is 0. The second-order valence-corrected chi connectivity index (χ2v) is 5.33. The van der Waals surface area contributed by atoms with Crippen molar-refractivity contribution >= 4 is 17.3 Å². The molecule has 0 spiro atoms. The molecule has 1 aromatic carbocycles. The van der Waals surface area contributed by atoms with E-state index in [1.807, 2.05) is 6.07 Å². The van der Waals surface area contributed by atoms with Gasteiger partial charge in [-0.15, -0.1) is 0 Å². The molecule has 3 heteroatoms. The van der Waals surface area contributed by atoms with Crippen LogP contribution in [0, 0.1) is 0 Å². The molecule has 0 amide bonds.